The van der Waals surface area contributed by atoms with Crippen LogP contribution in [0.25, 0.3) is 0 Å². The van der Waals surface area contributed by atoms with E-state index in [2.05, 4.69) is 12.0 Å². The first-order chi connectivity index (χ1) is 6.74. The quantitative estimate of drug-likeness (QED) is 0.732. The molecule has 2 atom stereocenters. The molecule has 2 unspecified atom stereocenters. The fraction of sp³-hybridized carbons (Fsp3) is 0.700. The molecule has 2 heterocycles. The third-order valence-electron chi connectivity index (χ3n) is 2.44. The lowest BCUT2D eigenvalue weighted by Crippen LogP contribution is -2.17. The molecule has 0 bridgehead atoms. The normalized spacial score (nSPS) is 26.7. The van der Waals surface area contributed by atoms with Crippen LogP contribution in [0.3, 0.4) is 0 Å². The second kappa shape index (κ2) is 4.00. The summed E-state index contributed by atoms with van der Waals surface area (Å²) in [4.78, 5) is 0. The number of ether oxygens (including phenoxy) is 2. The van der Waals surface area contributed by atoms with Gasteiger partial charge in [-0.15, -0.1) is 0 Å². The topological polar surface area (TPSA) is 36.3 Å². The van der Waals surface area contributed by atoms with Gasteiger partial charge in [-0.05, 0) is 19.8 Å². The van der Waals surface area contributed by atoms with Crippen molar-refractivity contribution >= 4 is 0 Å². The van der Waals surface area contributed by atoms with Crippen LogP contribution in [0, 0.1) is 0 Å². The third-order valence-corrected chi connectivity index (χ3v) is 2.44. The van der Waals surface area contributed by atoms with Gasteiger partial charge in [-0.1, -0.05) is 0 Å². The van der Waals surface area contributed by atoms with Gasteiger partial charge < -0.3 is 9.47 Å². The second-order valence-electron chi connectivity index (χ2n) is 3.81. The molecule has 0 radical (unpaired) electrons. The van der Waals surface area contributed by atoms with Crippen LogP contribution in [0.5, 0.6) is 5.75 Å². The summed E-state index contributed by atoms with van der Waals surface area (Å²) >= 11 is 0. The zero-order valence-electron chi connectivity index (χ0n) is 8.64. The molecular weight excluding hydrogens is 180 g/mol. The zero-order chi connectivity index (χ0) is 9.97. The van der Waals surface area contributed by atoms with Crippen molar-refractivity contribution in [2.45, 2.75) is 32.0 Å². The van der Waals surface area contributed by atoms with Gasteiger partial charge in [0.25, 0.3) is 0 Å². The predicted molar refractivity (Wildman–Crippen MR) is 52.3 cm³/mol. The van der Waals surface area contributed by atoms with Crippen LogP contribution >= 0.6 is 0 Å². The third kappa shape index (κ3) is 2.26. The summed E-state index contributed by atoms with van der Waals surface area (Å²) in [5, 5.41) is 4.03. The van der Waals surface area contributed by atoms with Crippen LogP contribution in [-0.2, 0) is 11.8 Å². The van der Waals surface area contributed by atoms with Crippen molar-refractivity contribution in [3.8, 4) is 5.75 Å². The average molecular weight is 196 g/mol. The molecule has 0 aromatic carbocycles. The van der Waals surface area contributed by atoms with E-state index in [9.17, 15) is 0 Å². The van der Waals surface area contributed by atoms with E-state index in [1.165, 1.54) is 0 Å². The van der Waals surface area contributed by atoms with Crippen LogP contribution in [0.2, 0.25) is 0 Å². The molecule has 4 nitrogen and oxygen atoms in total. The highest BCUT2D eigenvalue weighted by Crippen LogP contribution is 2.20. The van der Waals surface area contributed by atoms with E-state index < -0.39 is 0 Å². The van der Waals surface area contributed by atoms with E-state index in [0.29, 0.717) is 12.7 Å². The van der Waals surface area contributed by atoms with Crippen molar-refractivity contribution in [2.75, 3.05) is 6.61 Å². The molecule has 0 aliphatic carbocycles. The van der Waals surface area contributed by atoms with Gasteiger partial charge in [0.15, 0.2) is 5.75 Å². The van der Waals surface area contributed by atoms with Crippen LogP contribution in [0.4, 0.5) is 0 Å². The summed E-state index contributed by atoms with van der Waals surface area (Å²) in [5.41, 5.74) is 0. The van der Waals surface area contributed by atoms with Crippen molar-refractivity contribution in [2.24, 2.45) is 7.05 Å². The SMILES string of the molecule is CC1CCC(COc2cnn(C)c2)O1. The highest BCUT2D eigenvalue weighted by atomic mass is 16.5. The number of hydrogen-bond donors (Lipinski definition) is 0. The maximum Gasteiger partial charge on any atom is 0.157 e. The molecule has 4 heteroatoms. The smallest absolute Gasteiger partial charge is 0.157 e. The molecule has 14 heavy (non-hydrogen) atoms. The summed E-state index contributed by atoms with van der Waals surface area (Å²) in [6.45, 7) is 2.74. The van der Waals surface area contributed by atoms with Crippen LogP contribution in [-0.4, -0.2) is 28.6 Å². The largest absolute Gasteiger partial charge is 0.488 e. The Hall–Kier alpha value is -1.03. The van der Waals surface area contributed by atoms with Crippen molar-refractivity contribution in [1.82, 2.24) is 9.78 Å². The molecule has 0 saturated carbocycles. The summed E-state index contributed by atoms with van der Waals surface area (Å²) < 4.78 is 12.9. The van der Waals surface area contributed by atoms with E-state index in [-0.39, 0.29) is 6.10 Å². The molecule has 0 N–H and O–H groups in total. The Bertz CT molecular complexity index is 298. The van der Waals surface area contributed by atoms with Crippen molar-refractivity contribution in [1.29, 1.82) is 0 Å². The molecular formula is C10H16N2O2. The minimum absolute atomic E-state index is 0.255. The number of aromatic nitrogens is 2. The molecule has 1 saturated heterocycles. The Kier molecular flexibility index (Phi) is 2.72. The Morgan fingerprint density at radius 1 is 1.64 bits per heavy atom. The molecule has 0 amide bonds. The standard InChI is InChI=1S/C10H16N2O2/c1-8-3-4-9(14-8)7-13-10-5-11-12(2)6-10/h5-6,8-9H,3-4,7H2,1-2H3. The summed E-state index contributed by atoms with van der Waals surface area (Å²) in [6, 6.07) is 0. The molecule has 2 rings (SSSR count). The highest BCUT2D eigenvalue weighted by molar-refractivity contribution is 5.11. The van der Waals surface area contributed by atoms with Crippen molar-refractivity contribution < 1.29 is 9.47 Å². The van der Waals surface area contributed by atoms with Gasteiger partial charge in [0.05, 0.1) is 24.6 Å². The van der Waals surface area contributed by atoms with Gasteiger partial charge in [0.1, 0.15) is 6.61 Å². The van der Waals surface area contributed by atoms with Gasteiger partial charge in [-0.25, -0.2) is 0 Å². The van der Waals surface area contributed by atoms with Crippen LogP contribution < -0.4 is 4.74 Å². The molecule has 78 valence electrons. The summed E-state index contributed by atoms with van der Waals surface area (Å²) in [6.07, 6.45) is 6.46. The Labute approximate surface area is 83.8 Å². The van der Waals surface area contributed by atoms with Crippen molar-refractivity contribution in [3.63, 3.8) is 0 Å². The fourth-order valence-corrected chi connectivity index (χ4v) is 1.67. The number of aryl methyl sites for hydroxylation is 1. The predicted octanol–water partition coefficient (Wildman–Crippen LogP) is 1.37. The first kappa shape index (κ1) is 9.52. The lowest BCUT2D eigenvalue weighted by molar-refractivity contribution is 0.0264. The monoisotopic (exact) mass is 196 g/mol. The van der Waals surface area contributed by atoms with E-state index in [0.717, 1.165) is 18.6 Å². The molecule has 1 aromatic heterocycles. The number of rotatable bonds is 3. The average Bonchev–Trinajstić information content (AvgIpc) is 2.72. The lowest BCUT2D eigenvalue weighted by atomic mass is 10.2. The zero-order valence-corrected chi connectivity index (χ0v) is 8.64. The summed E-state index contributed by atoms with van der Waals surface area (Å²) in [5.74, 6) is 0.815. The van der Waals surface area contributed by atoms with E-state index >= 15 is 0 Å². The first-order valence-corrected chi connectivity index (χ1v) is 5.01. The van der Waals surface area contributed by atoms with Crippen molar-refractivity contribution in [3.05, 3.63) is 12.4 Å². The minimum atomic E-state index is 0.255. The van der Waals surface area contributed by atoms with Gasteiger partial charge in [-0.2, -0.15) is 5.10 Å². The summed E-state index contributed by atoms with van der Waals surface area (Å²) in [7, 11) is 1.88. The molecule has 0 spiro atoms. The Balaban J connectivity index is 1.77. The van der Waals surface area contributed by atoms with E-state index in [1.54, 1.807) is 10.9 Å². The molecule has 1 fully saturated rings. The molecule has 1 aliphatic heterocycles. The number of nitrogens with zero attached hydrogens (tertiary/aromatic N) is 2. The second-order valence-corrected chi connectivity index (χ2v) is 3.81. The van der Waals surface area contributed by atoms with Gasteiger partial charge in [0.2, 0.25) is 0 Å². The fourth-order valence-electron chi connectivity index (χ4n) is 1.67. The Morgan fingerprint density at radius 3 is 3.07 bits per heavy atom. The van der Waals surface area contributed by atoms with Gasteiger partial charge >= 0.3 is 0 Å². The van der Waals surface area contributed by atoms with Gasteiger partial charge in [-0.3, -0.25) is 4.68 Å². The Morgan fingerprint density at radius 2 is 2.50 bits per heavy atom. The minimum Gasteiger partial charge on any atom is -0.488 e. The maximum atomic E-state index is 5.64. The molecule has 1 aromatic rings. The van der Waals surface area contributed by atoms with Crippen LogP contribution in [0.1, 0.15) is 19.8 Å². The van der Waals surface area contributed by atoms with E-state index in [1.807, 2.05) is 13.2 Å². The van der Waals surface area contributed by atoms with Crippen LogP contribution in [0.15, 0.2) is 12.4 Å². The number of hydrogen-bond acceptors (Lipinski definition) is 3. The lowest BCUT2D eigenvalue weighted by Gasteiger charge is -2.10. The van der Waals surface area contributed by atoms with E-state index in [4.69, 9.17) is 9.47 Å². The van der Waals surface area contributed by atoms with Gasteiger partial charge in [0, 0.05) is 7.05 Å². The first-order valence-electron chi connectivity index (χ1n) is 5.01. The maximum absolute atomic E-state index is 5.64. The molecule has 1 aliphatic rings. The highest BCUT2D eigenvalue weighted by Gasteiger charge is 2.22.